The van der Waals surface area contributed by atoms with Gasteiger partial charge >= 0.3 is 5.97 Å². The number of phenolic OH excluding ortho intramolecular Hbond substituents is 1. The van der Waals surface area contributed by atoms with E-state index in [0.717, 1.165) is 16.7 Å². The van der Waals surface area contributed by atoms with Crippen molar-refractivity contribution in [1.82, 2.24) is 4.57 Å². The molecule has 2 aromatic carbocycles. The molecule has 0 fully saturated rings. The van der Waals surface area contributed by atoms with Crippen molar-refractivity contribution in [2.75, 3.05) is 6.61 Å². The van der Waals surface area contributed by atoms with Gasteiger partial charge in [-0.2, -0.15) is 0 Å². The van der Waals surface area contributed by atoms with E-state index >= 15 is 0 Å². The number of esters is 1. The summed E-state index contributed by atoms with van der Waals surface area (Å²) < 4.78 is 21.0. The quantitative estimate of drug-likeness (QED) is 0.451. The van der Waals surface area contributed by atoms with E-state index in [0.29, 0.717) is 20.6 Å². The lowest BCUT2D eigenvalue weighted by Gasteiger charge is -2.27. The second-order valence-electron chi connectivity index (χ2n) is 11.8. The number of aromatic hydroxyl groups is 1. The van der Waals surface area contributed by atoms with Crippen molar-refractivity contribution in [3.05, 3.63) is 95.4 Å². The summed E-state index contributed by atoms with van der Waals surface area (Å²) in [6, 6.07) is 8.77. The highest BCUT2D eigenvalue weighted by atomic mass is 32.1. The number of hydrogen-bond donors (Lipinski definition) is 1. The molecule has 0 aliphatic carbocycles. The lowest BCUT2D eigenvalue weighted by atomic mass is 9.78. The number of rotatable bonds is 4. The van der Waals surface area contributed by atoms with E-state index in [1.54, 1.807) is 32.1 Å². The van der Waals surface area contributed by atoms with Crippen molar-refractivity contribution in [2.24, 2.45) is 4.99 Å². The molecule has 1 aromatic heterocycles. The number of carbonyl (C=O) groups excluding carboxylic acids is 1. The monoisotopic (exact) mass is 550 g/mol. The second-order valence-corrected chi connectivity index (χ2v) is 12.8. The third-order valence-electron chi connectivity index (χ3n) is 6.75. The van der Waals surface area contributed by atoms with E-state index in [4.69, 9.17) is 4.74 Å². The molecular formula is C31H35FN2O4S. The van der Waals surface area contributed by atoms with Gasteiger partial charge in [0.05, 0.1) is 28.5 Å². The highest BCUT2D eigenvalue weighted by Crippen LogP contribution is 2.40. The summed E-state index contributed by atoms with van der Waals surface area (Å²) in [5.74, 6) is -0.716. The molecule has 4 rings (SSSR count). The number of carbonyl (C=O) groups is 1. The lowest BCUT2D eigenvalue weighted by molar-refractivity contribution is -0.139. The number of phenols is 1. The number of ether oxygens (including phenoxy) is 1. The van der Waals surface area contributed by atoms with Crippen molar-refractivity contribution >= 4 is 23.4 Å². The van der Waals surface area contributed by atoms with E-state index < -0.39 is 17.8 Å². The van der Waals surface area contributed by atoms with Crippen LogP contribution in [0, 0.1) is 5.82 Å². The van der Waals surface area contributed by atoms with Gasteiger partial charge in [-0.15, -0.1) is 0 Å². The molecule has 1 aliphatic rings. The van der Waals surface area contributed by atoms with Crippen LogP contribution in [0.15, 0.2) is 57.5 Å². The van der Waals surface area contributed by atoms with E-state index in [1.165, 1.54) is 28.0 Å². The predicted octanol–water partition coefficient (Wildman–Crippen LogP) is 5.24. The van der Waals surface area contributed by atoms with Gasteiger partial charge in [-0.25, -0.2) is 14.2 Å². The number of hydrogen-bond acceptors (Lipinski definition) is 6. The summed E-state index contributed by atoms with van der Waals surface area (Å²) in [6.07, 6.45) is 1.80. The first-order chi connectivity index (χ1) is 18.1. The zero-order valence-corrected chi connectivity index (χ0v) is 24.5. The molecular weight excluding hydrogens is 515 g/mol. The van der Waals surface area contributed by atoms with Crippen molar-refractivity contribution in [3.63, 3.8) is 0 Å². The van der Waals surface area contributed by atoms with Gasteiger partial charge in [-0.05, 0) is 66.1 Å². The Hall–Kier alpha value is -3.52. The lowest BCUT2D eigenvalue weighted by Crippen LogP contribution is -2.39. The Bertz CT molecular complexity index is 1610. The Morgan fingerprint density at radius 2 is 1.67 bits per heavy atom. The first kappa shape index (κ1) is 28.5. The highest BCUT2D eigenvalue weighted by molar-refractivity contribution is 7.07. The predicted molar refractivity (Wildman–Crippen MR) is 152 cm³/mol. The van der Waals surface area contributed by atoms with E-state index in [2.05, 4.69) is 4.99 Å². The fourth-order valence-electron chi connectivity index (χ4n) is 4.79. The van der Waals surface area contributed by atoms with E-state index in [-0.39, 0.29) is 34.3 Å². The van der Waals surface area contributed by atoms with E-state index in [1.807, 2.05) is 53.7 Å². The Labute approximate surface area is 231 Å². The first-order valence-electron chi connectivity index (χ1n) is 13.0. The van der Waals surface area contributed by atoms with Crippen LogP contribution in [0.3, 0.4) is 0 Å². The van der Waals surface area contributed by atoms with Gasteiger partial charge in [0.2, 0.25) is 0 Å². The van der Waals surface area contributed by atoms with Crippen LogP contribution in [0.1, 0.15) is 83.7 Å². The van der Waals surface area contributed by atoms with Crippen molar-refractivity contribution in [2.45, 2.75) is 72.3 Å². The van der Waals surface area contributed by atoms with Gasteiger partial charge in [-0.3, -0.25) is 9.36 Å². The molecule has 0 radical (unpaired) electrons. The largest absolute Gasteiger partial charge is 0.507 e. The number of aromatic nitrogens is 1. The summed E-state index contributed by atoms with van der Waals surface area (Å²) in [4.78, 5) is 32.0. The summed E-state index contributed by atoms with van der Waals surface area (Å²) in [5.41, 5.74) is 2.68. The third-order valence-corrected chi connectivity index (χ3v) is 7.73. The molecule has 1 aliphatic heterocycles. The van der Waals surface area contributed by atoms with Gasteiger partial charge < -0.3 is 9.84 Å². The molecule has 0 spiro atoms. The molecule has 0 saturated heterocycles. The average Bonchev–Trinajstić information content (AvgIpc) is 3.12. The van der Waals surface area contributed by atoms with Crippen LogP contribution in [-0.2, 0) is 20.4 Å². The maximum absolute atomic E-state index is 13.9. The van der Waals surface area contributed by atoms with Crippen LogP contribution in [0.5, 0.6) is 5.75 Å². The third kappa shape index (κ3) is 5.48. The van der Waals surface area contributed by atoms with Gasteiger partial charge in [-0.1, -0.05) is 65.0 Å². The van der Waals surface area contributed by atoms with Crippen LogP contribution in [0.2, 0.25) is 0 Å². The topological polar surface area (TPSA) is 80.9 Å². The standard InChI is InChI=1S/C31H35FN2O4S/c1-9-38-28(37)24-17(2)33-29-34(25(24)19-10-12-20(32)13-11-19)27(36)23(39-29)16-18-14-21(30(3,4)5)26(35)22(15-18)31(6,7)8/h10-16,25,35H,9H2,1-8H3/b23-16+/t25-/m1/s1. The minimum atomic E-state index is -0.807. The molecule has 39 heavy (non-hydrogen) atoms. The van der Waals surface area contributed by atoms with E-state index in [9.17, 15) is 19.1 Å². The van der Waals surface area contributed by atoms with Crippen LogP contribution >= 0.6 is 11.3 Å². The molecule has 1 N–H and O–H groups in total. The second kappa shape index (κ2) is 10.2. The maximum atomic E-state index is 13.9. The van der Waals surface area contributed by atoms with Gasteiger partial charge in [0.1, 0.15) is 11.6 Å². The van der Waals surface area contributed by atoms with Crippen LogP contribution in [-0.4, -0.2) is 22.2 Å². The zero-order chi connectivity index (χ0) is 28.9. The SMILES string of the molecule is CCOC(=O)C1=C(C)N=c2s/c(=C/c3cc(C(C)(C)C)c(O)c(C(C)(C)C)c3)c(=O)n2[C@@H]1c1ccc(F)cc1. The molecule has 0 unspecified atom stereocenters. The molecule has 3 aromatic rings. The fourth-order valence-corrected chi connectivity index (χ4v) is 5.83. The maximum Gasteiger partial charge on any atom is 0.338 e. The number of allylic oxidation sites excluding steroid dienone is 1. The molecule has 0 bridgehead atoms. The van der Waals surface area contributed by atoms with Crippen LogP contribution in [0.4, 0.5) is 4.39 Å². The Morgan fingerprint density at radius 1 is 1.10 bits per heavy atom. The van der Waals surface area contributed by atoms with Crippen LogP contribution in [0.25, 0.3) is 6.08 Å². The molecule has 206 valence electrons. The summed E-state index contributed by atoms with van der Waals surface area (Å²) in [5, 5.41) is 11.1. The Kier molecular flexibility index (Phi) is 7.47. The summed E-state index contributed by atoms with van der Waals surface area (Å²) >= 11 is 1.23. The number of benzene rings is 2. The molecule has 0 saturated carbocycles. The summed E-state index contributed by atoms with van der Waals surface area (Å²) in [6.45, 7) is 15.8. The van der Waals surface area contributed by atoms with Crippen molar-refractivity contribution < 1.29 is 19.0 Å². The number of halogens is 1. The van der Waals surface area contributed by atoms with Crippen molar-refractivity contribution in [1.29, 1.82) is 0 Å². The highest BCUT2D eigenvalue weighted by Gasteiger charge is 2.33. The zero-order valence-electron chi connectivity index (χ0n) is 23.7. The molecule has 6 nitrogen and oxygen atoms in total. The normalized spacial score (nSPS) is 16.2. The number of nitrogens with zero attached hydrogens (tertiary/aromatic N) is 2. The van der Waals surface area contributed by atoms with Gasteiger partial charge in [0.25, 0.3) is 5.56 Å². The smallest absolute Gasteiger partial charge is 0.338 e. The molecule has 1 atom stereocenters. The first-order valence-corrected chi connectivity index (χ1v) is 13.8. The van der Waals surface area contributed by atoms with Gasteiger partial charge in [0.15, 0.2) is 4.80 Å². The minimum Gasteiger partial charge on any atom is -0.507 e. The minimum absolute atomic E-state index is 0.170. The van der Waals surface area contributed by atoms with Crippen LogP contribution < -0.4 is 14.9 Å². The number of fused-ring (bicyclic) bond motifs is 1. The molecule has 8 heteroatoms. The summed E-state index contributed by atoms with van der Waals surface area (Å²) in [7, 11) is 0. The molecule has 0 amide bonds. The fraction of sp³-hybridized carbons (Fsp3) is 0.387. The Balaban J connectivity index is 1.99. The number of thiazole rings is 1. The Morgan fingerprint density at radius 3 is 2.18 bits per heavy atom. The van der Waals surface area contributed by atoms with Gasteiger partial charge in [0, 0.05) is 11.1 Å². The molecule has 2 heterocycles. The average molecular weight is 551 g/mol. The van der Waals surface area contributed by atoms with Crippen molar-refractivity contribution in [3.8, 4) is 5.75 Å².